The average Bonchev–Trinajstić information content (AvgIpc) is 2.98. The highest BCUT2D eigenvalue weighted by atomic mass is 32.2. The molecule has 2 aromatic heterocycles. The van der Waals surface area contributed by atoms with Crippen molar-refractivity contribution >= 4 is 33.3 Å². The van der Waals surface area contributed by atoms with Crippen molar-refractivity contribution in [3.8, 4) is 11.3 Å². The second-order valence-corrected chi connectivity index (χ2v) is 7.08. The largest absolute Gasteiger partial charge is 0.256 e. The lowest BCUT2D eigenvalue weighted by atomic mass is 10.1. The van der Waals surface area contributed by atoms with Crippen molar-refractivity contribution in [2.75, 3.05) is 0 Å². The zero-order valence-corrected chi connectivity index (χ0v) is 13.3. The van der Waals surface area contributed by atoms with Crippen molar-refractivity contribution in [1.29, 1.82) is 0 Å². The summed E-state index contributed by atoms with van der Waals surface area (Å²) in [5.74, 6) is 0. The normalized spacial score (nSPS) is 10.9. The Kier molecular flexibility index (Phi) is 3.62. The van der Waals surface area contributed by atoms with Gasteiger partial charge < -0.3 is 0 Å². The highest BCUT2D eigenvalue weighted by molar-refractivity contribution is 8.01. The number of nitrogens with zero attached hydrogens (tertiary/aromatic N) is 2. The Balaban J connectivity index is 1.74. The topological polar surface area (TPSA) is 25.8 Å². The van der Waals surface area contributed by atoms with Gasteiger partial charge in [-0.2, -0.15) is 0 Å². The molecular weight excluding hydrogens is 308 g/mol. The van der Waals surface area contributed by atoms with Gasteiger partial charge in [0.15, 0.2) is 4.34 Å². The summed E-state index contributed by atoms with van der Waals surface area (Å²) in [5.41, 5.74) is 3.20. The van der Waals surface area contributed by atoms with E-state index in [-0.39, 0.29) is 0 Å². The van der Waals surface area contributed by atoms with E-state index in [1.165, 1.54) is 9.60 Å². The third-order valence-corrected chi connectivity index (χ3v) is 5.47. The van der Waals surface area contributed by atoms with E-state index in [4.69, 9.17) is 4.98 Å². The molecule has 0 N–H and O–H groups in total. The quantitative estimate of drug-likeness (QED) is 0.498. The van der Waals surface area contributed by atoms with Gasteiger partial charge in [-0.15, -0.1) is 11.3 Å². The molecule has 0 saturated carbocycles. The summed E-state index contributed by atoms with van der Waals surface area (Å²) < 4.78 is 2.28. The summed E-state index contributed by atoms with van der Waals surface area (Å²) in [5, 5.41) is 0. The lowest BCUT2D eigenvalue weighted by Gasteiger charge is -2.06. The maximum Gasteiger partial charge on any atom is 0.155 e. The molecule has 0 aliphatic heterocycles. The van der Waals surface area contributed by atoms with Crippen LogP contribution in [0.4, 0.5) is 0 Å². The van der Waals surface area contributed by atoms with E-state index in [1.807, 2.05) is 36.5 Å². The van der Waals surface area contributed by atoms with E-state index in [1.54, 1.807) is 23.1 Å². The van der Waals surface area contributed by atoms with Crippen LogP contribution >= 0.6 is 23.1 Å². The summed E-state index contributed by atoms with van der Waals surface area (Å²) >= 11 is 3.43. The first-order valence-electron chi connectivity index (χ1n) is 6.94. The predicted octanol–water partition coefficient (Wildman–Crippen LogP) is 5.51. The van der Waals surface area contributed by atoms with Gasteiger partial charge in [0.2, 0.25) is 0 Å². The van der Waals surface area contributed by atoms with E-state index < -0.39 is 0 Å². The van der Waals surface area contributed by atoms with Crippen LogP contribution in [0, 0.1) is 0 Å². The van der Waals surface area contributed by atoms with E-state index >= 15 is 0 Å². The molecule has 0 spiro atoms. The smallest absolute Gasteiger partial charge is 0.155 e. The molecular formula is C18H12N2S2. The highest BCUT2D eigenvalue weighted by Crippen LogP contribution is 2.38. The molecule has 0 fully saturated rings. The van der Waals surface area contributed by atoms with Crippen LogP contribution in [0.2, 0.25) is 0 Å². The molecule has 0 bridgehead atoms. The molecule has 4 rings (SSSR count). The minimum atomic E-state index is 0.992. The first-order valence-corrected chi connectivity index (χ1v) is 8.57. The number of pyridine rings is 1. The Morgan fingerprint density at radius 3 is 2.50 bits per heavy atom. The third kappa shape index (κ3) is 2.63. The Bertz CT molecular complexity index is 883. The Labute approximate surface area is 136 Å². The molecule has 22 heavy (non-hydrogen) atoms. The summed E-state index contributed by atoms with van der Waals surface area (Å²) in [6.45, 7) is 0. The van der Waals surface area contributed by atoms with Crippen molar-refractivity contribution in [3.05, 3.63) is 72.9 Å². The van der Waals surface area contributed by atoms with Crippen LogP contribution in [0.1, 0.15) is 0 Å². The molecule has 2 nitrogen and oxygen atoms in total. The zero-order valence-electron chi connectivity index (χ0n) is 11.6. The number of para-hydroxylation sites is 1. The van der Waals surface area contributed by atoms with Gasteiger partial charge in [0.05, 0.1) is 15.9 Å². The van der Waals surface area contributed by atoms with E-state index in [0.29, 0.717) is 0 Å². The molecule has 2 aromatic carbocycles. The molecule has 4 heteroatoms. The summed E-state index contributed by atoms with van der Waals surface area (Å²) in [7, 11) is 0. The van der Waals surface area contributed by atoms with Gasteiger partial charge in [-0.25, -0.2) is 4.98 Å². The van der Waals surface area contributed by atoms with E-state index in [2.05, 4.69) is 41.4 Å². The number of rotatable bonds is 3. The molecule has 0 aliphatic carbocycles. The Hall–Kier alpha value is -2.17. The number of aromatic nitrogens is 2. The highest BCUT2D eigenvalue weighted by Gasteiger charge is 2.10. The van der Waals surface area contributed by atoms with Crippen molar-refractivity contribution in [2.24, 2.45) is 0 Å². The van der Waals surface area contributed by atoms with Crippen LogP contribution in [0.3, 0.4) is 0 Å². The SMILES string of the molecule is c1ccc(-c2ccccc2Sc2nc3ccccc3s2)nc1. The van der Waals surface area contributed by atoms with Crippen LogP contribution in [0.5, 0.6) is 0 Å². The molecule has 0 saturated heterocycles. The third-order valence-electron chi connectivity index (χ3n) is 3.30. The zero-order chi connectivity index (χ0) is 14.8. The van der Waals surface area contributed by atoms with Crippen LogP contribution in [0.25, 0.3) is 21.5 Å². The molecule has 0 amide bonds. The van der Waals surface area contributed by atoms with Crippen LogP contribution in [0.15, 0.2) is 82.2 Å². The van der Waals surface area contributed by atoms with Crippen LogP contribution in [-0.4, -0.2) is 9.97 Å². The van der Waals surface area contributed by atoms with E-state index in [0.717, 1.165) is 21.1 Å². The fourth-order valence-electron chi connectivity index (χ4n) is 2.28. The maximum atomic E-state index is 4.70. The fraction of sp³-hybridized carbons (Fsp3) is 0. The number of hydrogen-bond acceptors (Lipinski definition) is 4. The van der Waals surface area contributed by atoms with Gasteiger partial charge in [0, 0.05) is 16.7 Å². The Morgan fingerprint density at radius 2 is 1.64 bits per heavy atom. The summed E-state index contributed by atoms with van der Waals surface area (Å²) in [6.07, 6.45) is 1.83. The molecule has 0 atom stereocenters. The van der Waals surface area contributed by atoms with Gasteiger partial charge in [-0.3, -0.25) is 4.98 Å². The first-order chi connectivity index (χ1) is 10.9. The van der Waals surface area contributed by atoms with Crippen LogP contribution in [-0.2, 0) is 0 Å². The van der Waals surface area contributed by atoms with Crippen LogP contribution < -0.4 is 0 Å². The van der Waals surface area contributed by atoms with Crippen molar-refractivity contribution < 1.29 is 0 Å². The summed E-state index contributed by atoms with van der Waals surface area (Å²) in [6, 6.07) is 22.6. The number of hydrogen-bond donors (Lipinski definition) is 0. The van der Waals surface area contributed by atoms with E-state index in [9.17, 15) is 0 Å². The summed E-state index contributed by atoms with van der Waals surface area (Å²) in [4.78, 5) is 10.3. The molecule has 0 aliphatic rings. The molecule has 2 heterocycles. The molecule has 0 unspecified atom stereocenters. The molecule has 106 valence electrons. The molecule has 0 radical (unpaired) electrons. The predicted molar refractivity (Wildman–Crippen MR) is 93.4 cm³/mol. The number of benzene rings is 2. The van der Waals surface area contributed by atoms with Crippen molar-refractivity contribution in [1.82, 2.24) is 9.97 Å². The standard InChI is InChI=1S/C18H12N2S2/c1-3-10-16(13(7-1)14-8-5-6-12-19-14)21-18-20-15-9-2-4-11-17(15)22-18/h1-12H. The molecule has 4 aromatic rings. The second-order valence-electron chi connectivity index (χ2n) is 4.76. The monoisotopic (exact) mass is 320 g/mol. The number of fused-ring (bicyclic) bond motifs is 1. The fourth-order valence-corrected chi connectivity index (χ4v) is 4.44. The number of thiazole rings is 1. The van der Waals surface area contributed by atoms with Crippen molar-refractivity contribution in [3.63, 3.8) is 0 Å². The Morgan fingerprint density at radius 1 is 0.818 bits per heavy atom. The second kappa shape index (κ2) is 5.91. The lowest BCUT2D eigenvalue weighted by molar-refractivity contribution is 1.27. The van der Waals surface area contributed by atoms with Gasteiger partial charge >= 0.3 is 0 Å². The maximum absolute atomic E-state index is 4.70. The minimum absolute atomic E-state index is 0.992. The van der Waals surface area contributed by atoms with Gasteiger partial charge in [0.1, 0.15) is 0 Å². The minimum Gasteiger partial charge on any atom is -0.256 e. The first kappa shape index (κ1) is 13.5. The van der Waals surface area contributed by atoms with Gasteiger partial charge in [-0.1, -0.05) is 48.2 Å². The lowest BCUT2D eigenvalue weighted by Crippen LogP contribution is -1.85. The van der Waals surface area contributed by atoms with Crippen molar-refractivity contribution in [2.45, 2.75) is 9.24 Å². The average molecular weight is 320 g/mol. The van der Waals surface area contributed by atoms with Gasteiger partial charge in [-0.05, 0) is 30.3 Å². The van der Waals surface area contributed by atoms with Gasteiger partial charge in [0.25, 0.3) is 0 Å².